The zero-order valence-corrected chi connectivity index (χ0v) is 13.5. The lowest BCUT2D eigenvalue weighted by molar-refractivity contribution is -0.385. The fourth-order valence-electron chi connectivity index (χ4n) is 2.90. The first kappa shape index (κ1) is 16.9. The van der Waals surface area contributed by atoms with Gasteiger partial charge in [-0.25, -0.2) is 0 Å². The normalized spacial score (nSPS) is 23.4. The predicted octanol–water partition coefficient (Wildman–Crippen LogP) is 1.91. The Hall–Kier alpha value is -1.51. The second kappa shape index (κ2) is 6.72. The maximum Gasteiger partial charge on any atom is 0.279 e. The Balaban J connectivity index is 2.09. The van der Waals surface area contributed by atoms with Gasteiger partial charge in [-0.05, 0) is 18.3 Å². The molecule has 1 fully saturated rings. The molecule has 1 aliphatic rings. The molecule has 0 aliphatic carbocycles. The maximum atomic E-state index is 12.4. The number of rotatable bonds is 5. The summed E-state index contributed by atoms with van der Waals surface area (Å²) in [7, 11) is -3.63. The molecule has 1 aromatic rings. The van der Waals surface area contributed by atoms with Crippen molar-refractivity contribution in [3.8, 4) is 0 Å². The molecule has 0 unspecified atom stereocenters. The number of para-hydroxylation sites is 1. The van der Waals surface area contributed by atoms with E-state index >= 15 is 0 Å². The zero-order chi connectivity index (χ0) is 16.3. The van der Waals surface area contributed by atoms with Crippen LogP contribution >= 0.6 is 0 Å². The van der Waals surface area contributed by atoms with E-state index < -0.39 is 15.1 Å². The van der Waals surface area contributed by atoms with Gasteiger partial charge in [-0.15, -0.1) is 0 Å². The first-order valence-corrected chi connectivity index (χ1v) is 8.70. The van der Waals surface area contributed by atoms with Crippen molar-refractivity contribution in [3.05, 3.63) is 39.9 Å². The van der Waals surface area contributed by atoms with E-state index in [-0.39, 0.29) is 12.2 Å². The van der Waals surface area contributed by atoms with Crippen molar-refractivity contribution in [2.24, 2.45) is 11.8 Å². The Kier molecular flexibility index (Phi) is 5.15. The summed E-state index contributed by atoms with van der Waals surface area (Å²) in [6, 6.07) is 6.14. The van der Waals surface area contributed by atoms with Crippen molar-refractivity contribution >= 4 is 15.9 Å². The third kappa shape index (κ3) is 4.02. The SMILES string of the molecule is C[C@H]1C[C@H](C)CN(S(=O)(=O)NCc2ccccc2[N+](=O)[O-])C1. The molecule has 0 spiro atoms. The summed E-state index contributed by atoms with van der Waals surface area (Å²) in [6.07, 6.45) is 1.01. The van der Waals surface area contributed by atoms with Crippen LogP contribution in [0.15, 0.2) is 24.3 Å². The topological polar surface area (TPSA) is 92.6 Å². The molecule has 7 nitrogen and oxygen atoms in total. The highest BCUT2D eigenvalue weighted by molar-refractivity contribution is 7.87. The molecule has 0 saturated carbocycles. The van der Waals surface area contributed by atoms with Gasteiger partial charge in [0.1, 0.15) is 0 Å². The van der Waals surface area contributed by atoms with Crippen LogP contribution in [0.5, 0.6) is 0 Å². The summed E-state index contributed by atoms with van der Waals surface area (Å²) >= 11 is 0. The highest BCUT2D eigenvalue weighted by Gasteiger charge is 2.30. The minimum Gasteiger partial charge on any atom is -0.258 e. The molecular weight excluding hydrogens is 306 g/mol. The molecule has 0 radical (unpaired) electrons. The van der Waals surface area contributed by atoms with Crippen LogP contribution in [0.2, 0.25) is 0 Å². The fourth-order valence-corrected chi connectivity index (χ4v) is 4.32. The largest absolute Gasteiger partial charge is 0.279 e. The molecule has 1 aliphatic heterocycles. The summed E-state index contributed by atoms with van der Waals surface area (Å²) < 4.78 is 28.7. The highest BCUT2D eigenvalue weighted by Crippen LogP contribution is 2.23. The van der Waals surface area contributed by atoms with E-state index in [2.05, 4.69) is 4.72 Å². The molecule has 1 aromatic carbocycles. The molecule has 1 heterocycles. The average Bonchev–Trinajstić information content (AvgIpc) is 2.44. The standard InChI is InChI=1S/C14H21N3O4S/c1-11-7-12(2)10-16(9-11)22(20,21)15-8-13-5-3-4-6-14(13)17(18)19/h3-6,11-12,15H,7-10H2,1-2H3/t11-,12-/m0/s1. The van der Waals surface area contributed by atoms with Crippen LogP contribution in [0.25, 0.3) is 0 Å². The number of hydrogen-bond donors (Lipinski definition) is 1. The third-order valence-electron chi connectivity index (χ3n) is 3.81. The summed E-state index contributed by atoms with van der Waals surface area (Å²) in [5.41, 5.74) is 0.278. The quantitative estimate of drug-likeness (QED) is 0.660. The summed E-state index contributed by atoms with van der Waals surface area (Å²) in [5, 5.41) is 11.0. The minimum absolute atomic E-state index is 0.0782. The fraction of sp³-hybridized carbons (Fsp3) is 0.571. The van der Waals surface area contributed by atoms with Crippen molar-refractivity contribution in [2.75, 3.05) is 13.1 Å². The molecule has 122 valence electrons. The number of benzene rings is 1. The lowest BCUT2D eigenvalue weighted by atomic mass is 9.94. The number of hydrogen-bond acceptors (Lipinski definition) is 4. The summed E-state index contributed by atoms with van der Waals surface area (Å²) in [4.78, 5) is 10.4. The van der Waals surface area contributed by atoms with Crippen LogP contribution in [-0.4, -0.2) is 30.7 Å². The predicted molar refractivity (Wildman–Crippen MR) is 83.4 cm³/mol. The molecule has 8 heteroatoms. The lowest BCUT2D eigenvalue weighted by Crippen LogP contribution is -2.47. The Morgan fingerprint density at radius 1 is 1.27 bits per heavy atom. The molecule has 2 rings (SSSR count). The van der Waals surface area contributed by atoms with Crippen molar-refractivity contribution in [3.63, 3.8) is 0 Å². The Morgan fingerprint density at radius 2 is 1.86 bits per heavy atom. The Labute approximate surface area is 130 Å². The van der Waals surface area contributed by atoms with Crippen LogP contribution in [0.3, 0.4) is 0 Å². The van der Waals surface area contributed by atoms with Crippen LogP contribution in [0.4, 0.5) is 5.69 Å². The molecule has 1 saturated heterocycles. The first-order valence-electron chi connectivity index (χ1n) is 7.26. The van der Waals surface area contributed by atoms with E-state index in [0.717, 1.165) is 6.42 Å². The van der Waals surface area contributed by atoms with Crippen LogP contribution < -0.4 is 4.72 Å². The van der Waals surface area contributed by atoms with Gasteiger partial charge in [0.25, 0.3) is 15.9 Å². The van der Waals surface area contributed by atoms with Crippen molar-refractivity contribution in [1.82, 2.24) is 9.03 Å². The molecule has 1 N–H and O–H groups in total. The number of nitro groups is 1. The van der Waals surface area contributed by atoms with Crippen LogP contribution in [0.1, 0.15) is 25.8 Å². The van der Waals surface area contributed by atoms with Gasteiger partial charge < -0.3 is 0 Å². The average molecular weight is 327 g/mol. The monoisotopic (exact) mass is 327 g/mol. The van der Waals surface area contributed by atoms with Crippen molar-refractivity contribution in [1.29, 1.82) is 0 Å². The lowest BCUT2D eigenvalue weighted by Gasteiger charge is -2.33. The van der Waals surface area contributed by atoms with E-state index in [1.807, 2.05) is 13.8 Å². The van der Waals surface area contributed by atoms with Gasteiger partial charge in [-0.3, -0.25) is 10.1 Å². The van der Waals surface area contributed by atoms with E-state index in [4.69, 9.17) is 0 Å². The third-order valence-corrected chi connectivity index (χ3v) is 5.30. The molecular formula is C14H21N3O4S. The van der Waals surface area contributed by atoms with Crippen molar-refractivity contribution < 1.29 is 13.3 Å². The summed E-state index contributed by atoms with van der Waals surface area (Å²) in [6.45, 7) is 4.94. The first-order chi connectivity index (χ1) is 10.3. The van der Waals surface area contributed by atoms with E-state index in [1.54, 1.807) is 18.2 Å². The number of nitro benzene ring substituents is 1. The smallest absolute Gasteiger partial charge is 0.258 e. The van der Waals surface area contributed by atoms with Gasteiger partial charge in [0, 0.05) is 31.3 Å². The number of piperidine rings is 1. The molecule has 22 heavy (non-hydrogen) atoms. The maximum absolute atomic E-state index is 12.4. The molecule has 0 amide bonds. The number of nitrogens with zero attached hydrogens (tertiary/aromatic N) is 2. The van der Waals surface area contributed by atoms with Gasteiger partial charge in [0.2, 0.25) is 0 Å². The van der Waals surface area contributed by atoms with Gasteiger partial charge in [-0.1, -0.05) is 32.0 Å². The van der Waals surface area contributed by atoms with E-state index in [0.29, 0.717) is 30.5 Å². The Bertz CT molecular complexity index is 637. The summed E-state index contributed by atoms with van der Waals surface area (Å²) in [5.74, 6) is 0.623. The second-order valence-electron chi connectivity index (χ2n) is 5.98. The van der Waals surface area contributed by atoms with E-state index in [1.165, 1.54) is 10.4 Å². The van der Waals surface area contributed by atoms with Gasteiger partial charge >= 0.3 is 0 Å². The minimum atomic E-state index is -3.63. The van der Waals surface area contributed by atoms with E-state index in [9.17, 15) is 18.5 Å². The van der Waals surface area contributed by atoms with Gasteiger partial charge in [0.05, 0.1) is 4.92 Å². The zero-order valence-electron chi connectivity index (χ0n) is 12.7. The molecule has 2 atom stereocenters. The van der Waals surface area contributed by atoms with Crippen LogP contribution in [0, 0.1) is 22.0 Å². The van der Waals surface area contributed by atoms with Crippen LogP contribution in [-0.2, 0) is 16.8 Å². The molecule has 0 bridgehead atoms. The number of nitrogens with one attached hydrogen (secondary N) is 1. The second-order valence-corrected chi connectivity index (χ2v) is 7.73. The van der Waals surface area contributed by atoms with Gasteiger partial charge in [-0.2, -0.15) is 17.4 Å². The van der Waals surface area contributed by atoms with Gasteiger partial charge in [0.15, 0.2) is 0 Å². The van der Waals surface area contributed by atoms with Crippen molar-refractivity contribution in [2.45, 2.75) is 26.8 Å². The molecule has 0 aromatic heterocycles. The highest BCUT2D eigenvalue weighted by atomic mass is 32.2. The Morgan fingerprint density at radius 3 is 2.45 bits per heavy atom.